The number of benzene rings is 2. The van der Waals surface area contributed by atoms with Gasteiger partial charge in [-0.15, -0.1) is 0 Å². The fourth-order valence-corrected chi connectivity index (χ4v) is 5.90. The third-order valence-corrected chi connectivity index (χ3v) is 8.14. The molecule has 0 aliphatic carbocycles. The van der Waals surface area contributed by atoms with Gasteiger partial charge in [-0.05, 0) is 66.0 Å². The Balaban J connectivity index is 1.82. The number of nitrogens with two attached hydrogens (primary N) is 2. The average molecular weight is 605 g/mol. The van der Waals surface area contributed by atoms with E-state index < -0.39 is 18.1 Å². The number of nitrogens with zero attached hydrogens (tertiary/aromatic N) is 2. The smallest absolute Gasteiger partial charge is 0.328 e. The Bertz CT molecular complexity index is 1300. The number of aliphatic imine (C=N–C) groups is 1. The minimum atomic E-state index is -1.11. The van der Waals surface area contributed by atoms with E-state index in [4.69, 9.17) is 21.9 Å². The number of carboxylic acids is 1. The van der Waals surface area contributed by atoms with Gasteiger partial charge in [0.15, 0.2) is 5.96 Å². The molecule has 0 amide bonds. The number of fused-ring (bicyclic) bond motifs is 1. The summed E-state index contributed by atoms with van der Waals surface area (Å²) in [6, 6.07) is 17.5. The molecule has 0 saturated carbocycles. The third-order valence-electron chi connectivity index (χ3n) is 8.14. The molecule has 0 aliphatic heterocycles. The number of aromatic nitrogens is 1. The monoisotopic (exact) mass is 604 g/mol. The van der Waals surface area contributed by atoms with Crippen LogP contribution < -0.4 is 11.5 Å². The van der Waals surface area contributed by atoms with Crippen molar-refractivity contribution in [1.29, 1.82) is 0 Å². The van der Waals surface area contributed by atoms with Crippen molar-refractivity contribution in [2.45, 2.75) is 95.1 Å². The van der Waals surface area contributed by atoms with E-state index in [-0.39, 0.29) is 31.5 Å². The van der Waals surface area contributed by atoms with Crippen molar-refractivity contribution in [3.05, 3.63) is 83.3 Å². The number of carbonyl (C=O) groups is 1. The minimum absolute atomic E-state index is 0.166. The van der Waals surface area contributed by atoms with E-state index >= 15 is 0 Å². The molecule has 44 heavy (non-hydrogen) atoms. The molecule has 0 spiro atoms. The number of aliphatic carboxylic acids is 1. The van der Waals surface area contributed by atoms with Gasteiger partial charge in [-0.1, -0.05) is 112 Å². The minimum Gasteiger partial charge on any atom is -0.478 e. The van der Waals surface area contributed by atoms with Crippen molar-refractivity contribution in [3.8, 4) is 0 Å². The van der Waals surface area contributed by atoms with Crippen LogP contribution in [0.2, 0.25) is 0 Å². The van der Waals surface area contributed by atoms with E-state index in [1.54, 1.807) is 6.20 Å². The second-order valence-corrected chi connectivity index (χ2v) is 11.5. The lowest BCUT2D eigenvalue weighted by Crippen LogP contribution is -2.30. The van der Waals surface area contributed by atoms with Crippen LogP contribution in [0, 0.1) is 0 Å². The maximum absolute atomic E-state index is 12.0. The number of nitrogens with one attached hydrogen (secondary N) is 1. The highest BCUT2D eigenvalue weighted by Crippen LogP contribution is 2.36. The third kappa shape index (κ3) is 12.1. The van der Waals surface area contributed by atoms with E-state index in [1.807, 2.05) is 18.2 Å². The number of guanidine groups is 1. The molecular formula is C35H50N5O4-. The van der Waals surface area contributed by atoms with E-state index in [1.165, 1.54) is 42.0 Å². The number of aliphatic hydroxyl groups excluding tert-OH is 2. The molecule has 1 heterocycles. The average Bonchev–Trinajstić information content (AvgIpc) is 3.52. The van der Waals surface area contributed by atoms with Crippen LogP contribution in [0.25, 0.3) is 16.1 Å². The quantitative estimate of drug-likeness (QED) is 0.0324. The van der Waals surface area contributed by atoms with Gasteiger partial charge >= 0.3 is 5.97 Å². The number of hydrogen-bond donors (Lipinski definition) is 6. The molecule has 2 aromatic carbocycles. The maximum Gasteiger partial charge on any atom is 0.328 e. The number of unbranched alkanes of at least 4 members (excludes halogenated alkanes) is 7. The zero-order valence-electron chi connectivity index (χ0n) is 25.8. The highest BCUT2D eigenvalue weighted by molar-refractivity contribution is 5.83. The van der Waals surface area contributed by atoms with Crippen molar-refractivity contribution in [1.82, 2.24) is 4.98 Å². The Hall–Kier alpha value is -3.82. The fourth-order valence-electron chi connectivity index (χ4n) is 5.90. The zero-order valence-corrected chi connectivity index (χ0v) is 25.8. The lowest BCUT2D eigenvalue weighted by molar-refractivity contribution is -0.131. The first kappa shape index (κ1) is 34.7. The van der Waals surface area contributed by atoms with Gasteiger partial charge in [-0.25, -0.2) is 9.79 Å². The molecule has 0 bridgehead atoms. The summed E-state index contributed by atoms with van der Waals surface area (Å²) in [5.41, 5.74) is 13.2. The molecule has 8 N–H and O–H groups in total. The Morgan fingerprint density at radius 1 is 0.818 bits per heavy atom. The van der Waals surface area contributed by atoms with Crippen LogP contribution >= 0.6 is 0 Å². The van der Waals surface area contributed by atoms with Gasteiger partial charge in [0.2, 0.25) is 0 Å². The molecule has 9 nitrogen and oxygen atoms in total. The molecule has 0 fully saturated rings. The molecule has 0 aliphatic rings. The van der Waals surface area contributed by atoms with Crippen LogP contribution in [0.5, 0.6) is 0 Å². The van der Waals surface area contributed by atoms with Crippen LogP contribution in [0.15, 0.2) is 77.4 Å². The predicted molar refractivity (Wildman–Crippen MR) is 179 cm³/mol. The number of H-pyrrole nitrogens is 1. The van der Waals surface area contributed by atoms with Gasteiger partial charge in [-0.2, -0.15) is 0 Å². The van der Waals surface area contributed by atoms with Crippen LogP contribution in [-0.4, -0.2) is 57.5 Å². The Morgan fingerprint density at radius 3 is 2.16 bits per heavy atom. The topological polar surface area (TPSA) is 172 Å². The fraction of sp³-hybridized carbons (Fsp3) is 0.486. The molecule has 0 saturated heterocycles. The van der Waals surface area contributed by atoms with Crippen LogP contribution in [0.3, 0.4) is 0 Å². The molecule has 9 heteroatoms. The van der Waals surface area contributed by atoms with Crippen molar-refractivity contribution in [2.75, 3.05) is 13.2 Å². The summed E-state index contributed by atoms with van der Waals surface area (Å²) < 4.78 is 0. The Kier molecular flexibility index (Phi) is 15.3. The summed E-state index contributed by atoms with van der Waals surface area (Å²) in [6.45, 7) is 0.0774. The van der Waals surface area contributed by atoms with E-state index in [0.29, 0.717) is 17.8 Å². The molecule has 0 radical (unpaired) electrons. The van der Waals surface area contributed by atoms with Crippen molar-refractivity contribution in [3.63, 3.8) is 0 Å². The number of aliphatic hydroxyl groups is 2. The predicted octanol–water partition coefficient (Wildman–Crippen LogP) is 6.64. The van der Waals surface area contributed by atoms with Crippen molar-refractivity contribution >= 4 is 28.5 Å². The van der Waals surface area contributed by atoms with E-state index in [0.717, 1.165) is 44.6 Å². The standard InChI is InChI=1S/C35H50N5O4/c36-35(37)40-32(20-23-42)30(25-34(43)44)31(39-33-15-11-21-38-33)19-18-27(12-7-5-3-1-2-4-6-10-22-41)29-17-16-26-13-8-9-14-28(26)24-29/h8-9,11,13-17,21,24-25,27,31-32,38,41-42H,1-7,10,12,18-20,22-23H2,(H,43,44)(H4,36,37,40)/q-1. The second-order valence-electron chi connectivity index (χ2n) is 11.5. The molecule has 3 atom stereocenters. The maximum atomic E-state index is 12.0. The molecule has 240 valence electrons. The van der Waals surface area contributed by atoms with E-state index in [2.05, 4.69) is 46.4 Å². The van der Waals surface area contributed by atoms with E-state index in [9.17, 15) is 15.0 Å². The number of aromatic amines is 1. The summed E-state index contributed by atoms with van der Waals surface area (Å²) in [5, 5.41) is 35.9. The van der Waals surface area contributed by atoms with Gasteiger partial charge in [-0.3, -0.25) is 0 Å². The summed E-state index contributed by atoms with van der Waals surface area (Å²) in [7, 11) is 0. The van der Waals surface area contributed by atoms with Gasteiger partial charge in [0.05, 0.1) is 6.04 Å². The second kappa shape index (κ2) is 19.5. The first-order valence-electron chi connectivity index (χ1n) is 16.0. The van der Waals surface area contributed by atoms with Gasteiger partial charge in [0.1, 0.15) is 0 Å². The lowest BCUT2D eigenvalue weighted by Gasteiger charge is -2.32. The number of carboxylic acid groups (broad SMARTS) is 1. The normalized spacial score (nSPS) is 13.8. The highest BCUT2D eigenvalue weighted by atomic mass is 16.4. The summed E-state index contributed by atoms with van der Waals surface area (Å²) >= 11 is 0. The van der Waals surface area contributed by atoms with Gasteiger partial charge in [0, 0.05) is 19.3 Å². The summed E-state index contributed by atoms with van der Waals surface area (Å²) in [5.74, 6) is -0.375. The molecule has 1 aromatic heterocycles. The van der Waals surface area contributed by atoms with Crippen LogP contribution in [-0.2, 0) is 4.79 Å². The molecule has 3 aromatic rings. The number of rotatable bonds is 22. The largest absolute Gasteiger partial charge is 0.478 e. The molecular weight excluding hydrogens is 554 g/mol. The van der Waals surface area contributed by atoms with Crippen LogP contribution in [0.4, 0.5) is 5.82 Å². The molecule has 3 unspecified atom stereocenters. The number of hydrogen-bond acceptors (Lipinski definition) is 4. The Labute approximate surface area is 261 Å². The summed E-state index contributed by atoms with van der Waals surface area (Å²) in [4.78, 5) is 19.4. The van der Waals surface area contributed by atoms with Gasteiger partial charge in [0.25, 0.3) is 0 Å². The first-order valence-corrected chi connectivity index (χ1v) is 16.0. The molecule has 3 rings (SSSR count). The van der Waals surface area contributed by atoms with Crippen molar-refractivity contribution in [2.24, 2.45) is 16.5 Å². The highest BCUT2D eigenvalue weighted by Gasteiger charge is 2.23. The zero-order chi connectivity index (χ0) is 31.6. The van der Waals surface area contributed by atoms with Crippen LogP contribution in [0.1, 0.15) is 88.5 Å². The Morgan fingerprint density at radius 2 is 1.52 bits per heavy atom. The lowest BCUT2D eigenvalue weighted by atomic mass is 9.84. The first-order chi connectivity index (χ1) is 21.4. The van der Waals surface area contributed by atoms with Gasteiger partial charge < -0.3 is 37.1 Å². The SMILES string of the molecule is NC(N)=NC(CCO)C(=CC(=O)O)C(CCC(CCCCCCCCCCO)c1ccc2ccccc2c1)[N-]c1ccc[nH]1. The van der Waals surface area contributed by atoms with Crippen molar-refractivity contribution < 1.29 is 20.1 Å². The summed E-state index contributed by atoms with van der Waals surface area (Å²) in [6.07, 6.45) is 14.5.